The van der Waals surface area contributed by atoms with Crippen molar-refractivity contribution in [2.24, 2.45) is 0 Å². The maximum absolute atomic E-state index is 13.3. The van der Waals surface area contributed by atoms with Crippen LogP contribution in [-0.2, 0) is 10.0 Å². The van der Waals surface area contributed by atoms with Crippen LogP contribution in [0.25, 0.3) is 0 Å². The normalized spacial score (nSPS) is 18.2. The standard InChI is InChI=1S/C17H22N4O3S.ClH/c1-12-9-16(17(18)20-10-12)25(22,23)21-8-7-19-11-14(21)13-5-3-4-6-15(13)24-2;/h3-6,9-10,14,19H,7-8,11H2,1-2H3,(H2,18,20);1H. The molecule has 1 aliphatic rings. The van der Waals surface area contributed by atoms with Crippen molar-refractivity contribution in [1.29, 1.82) is 0 Å². The van der Waals surface area contributed by atoms with Crippen molar-refractivity contribution in [1.82, 2.24) is 14.6 Å². The topological polar surface area (TPSA) is 97.5 Å². The van der Waals surface area contributed by atoms with Crippen molar-refractivity contribution < 1.29 is 13.2 Å². The first-order chi connectivity index (χ1) is 11.9. The van der Waals surface area contributed by atoms with E-state index in [4.69, 9.17) is 10.5 Å². The van der Waals surface area contributed by atoms with Crippen molar-refractivity contribution in [3.8, 4) is 5.75 Å². The van der Waals surface area contributed by atoms with Crippen LogP contribution >= 0.6 is 12.4 Å². The van der Waals surface area contributed by atoms with Crippen molar-refractivity contribution >= 4 is 28.2 Å². The molecule has 0 bridgehead atoms. The Bertz CT molecular complexity index is 876. The Kier molecular flexibility index (Phi) is 6.46. The predicted molar refractivity (Wildman–Crippen MR) is 103 cm³/mol. The van der Waals surface area contributed by atoms with E-state index in [0.29, 0.717) is 25.4 Å². The van der Waals surface area contributed by atoms with Gasteiger partial charge in [-0.2, -0.15) is 4.31 Å². The van der Waals surface area contributed by atoms with Crippen LogP contribution in [-0.4, -0.2) is 44.5 Å². The summed E-state index contributed by atoms with van der Waals surface area (Å²) < 4.78 is 33.5. The number of nitrogens with zero attached hydrogens (tertiary/aromatic N) is 2. The molecule has 2 aromatic rings. The lowest BCUT2D eigenvalue weighted by molar-refractivity contribution is 0.264. The van der Waals surface area contributed by atoms with E-state index in [-0.39, 0.29) is 29.2 Å². The number of anilines is 1. The zero-order chi connectivity index (χ0) is 18.0. The minimum absolute atomic E-state index is 0. The second-order valence-corrected chi connectivity index (χ2v) is 7.83. The summed E-state index contributed by atoms with van der Waals surface area (Å²) in [6.07, 6.45) is 1.56. The number of nitrogen functional groups attached to an aromatic ring is 1. The molecule has 9 heteroatoms. The maximum Gasteiger partial charge on any atom is 0.247 e. The molecule has 0 spiro atoms. The van der Waals surface area contributed by atoms with E-state index in [1.165, 1.54) is 4.31 Å². The number of pyridine rings is 1. The molecule has 0 aliphatic carbocycles. The molecule has 0 radical (unpaired) electrons. The summed E-state index contributed by atoms with van der Waals surface area (Å²) in [5.74, 6) is 0.676. The smallest absolute Gasteiger partial charge is 0.247 e. The number of methoxy groups -OCH3 is 1. The van der Waals surface area contributed by atoms with Gasteiger partial charge in [-0.15, -0.1) is 12.4 Å². The number of piperazine rings is 1. The fourth-order valence-corrected chi connectivity index (χ4v) is 4.83. The molecule has 1 aliphatic heterocycles. The van der Waals surface area contributed by atoms with Crippen molar-refractivity contribution in [3.05, 3.63) is 47.7 Å². The van der Waals surface area contributed by atoms with Crippen LogP contribution in [0.3, 0.4) is 0 Å². The van der Waals surface area contributed by atoms with Gasteiger partial charge in [-0.3, -0.25) is 0 Å². The second-order valence-electron chi connectivity index (χ2n) is 5.97. The molecule has 1 atom stereocenters. The molecule has 1 saturated heterocycles. The third-order valence-electron chi connectivity index (χ3n) is 4.30. The Morgan fingerprint density at radius 1 is 1.35 bits per heavy atom. The summed E-state index contributed by atoms with van der Waals surface area (Å²) in [6, 6.07) is 8.64. The molecule has 0 amide bonds. The summed E-state index contributed by atoms with van der Waals surface area (Å²) in [4.78, 5) is 4.05. The fraction of sp³-hybridized carbons (Fsp3) is 0.353. The summed E-state index contributed by atoms with van der Waals surface area (Å²) in [6.45, 7) is 3.21. The largest absolute Gasteiger partial charge is 0.496 e. The van der Waals surface area contributed by atoms with Gasteiger partial charge in [0.05, 0.1) is 13.2 Å². The van der Waals surface area contributed by atoms with E-state index >= 15 is 0 Å². The molecular formula is C17H23ClN4O3S. The van der Waals surface area contributed by atoms with E-state index in [1.54, 1.807) is 26.3 Å². The molecule has 7 nitrogen and oxygen atoms in total. The Hall–Kier alpha value is -1.87. The summed E-state index contributed by atoms with van der Waals surface area (Å²) >= 11 is 0. The van der Waals surface area contributed by atoms with Gasteiger partial charge in [0, 0.05) is 31.4 Å². The summed E-state index contributed by atoms with van der Waals surface area (Å²) in [5.41, 5.74) is 7.43. The lowest BCUT2D eigenvalue weighted by Crippen LogP contribution is -2.48. The molecule has 26 heavy (non-hydrogen) atoms. The van der Waals surface area contributed by atoms with Crippen LogP contribution in [0.5, 0.6) is 5.75 Å². The van der Waals surface area contributed by atoms with Crippen molar-refractivity contribution in [2.75, 3.05) is 32.5 Å². The number of hydrogen-bond acceptors (Lipinski definition) is 6. The SMILES string of the molecule is COc1ccccc1C1CNCCN1S(=O)(=O)c1cc(C)cnc1N.Cl. The summed E-state index contributed by atoms with van der Waals surface area (Å²) in [7, 11) is -2.21. The number of aromatic nitrogens is 1. The zero-order valence-electron chi connectivity index (χ0n) is 14.7. The molecule has 1 aromatic heterocycles. The molecule has 1 fully saturated rings. The zero-order valence-corrected chi connectivity index (χ0v) is 16.3. The van der Waals surface area contributed by atoms with Gasteiger partial charge in [0.15, 0.2) is 0 Å². The van der Waals surface area contributed by atoms with E-state index in [2.05, 4.69) is 10.3 Å². The van der Waals surface area contributed by atoms with Crippen LogP contribution in [0.15, 0.2) is 41.4 Å². The first-order valence-electron chi connectivity index (χ1n) is 8.02. The van der Waals surface area contributed by atoms with Crippen LogP contribution in [0.2, 0.25) is 0 Å². The first-order valence-corrected chi connectivity index (χ1v) is 9.46. The average molecular weight is 399 g/mol. The Balaban J connectivity index is 0.00000243. The molecule has 1 aromatic carbocycles. The van der Waals surface area contributed by atoms with Crippen LogP contribution < -0.4 is 15.8 Å². The van der Waals surface area contributed by atoms with Crippen LogP contribution in [0.4, 0.5) is 5.82 Å². The number of sulfonamides is 1. The molecule has 0 saturated carbocycles. The third kappa shape index (κ3) is 3.78. The molecular weight excluding hydrogens is 376 g/mol. The number of rotatable bonds is 4. The lowest BCUT2D eigenvalue weighted by Gasteiger charge is -2.36. The maximum atomic E-state index is 13.3. The molecule has 3 rings (SSSR count). The quantitative estimate of drug-likeness (QED) is 0.814. The van der Waals surface area contributed by atoms with Gasteiger partial charge in [0.25, 0.3) is 0 Å². The highest BCUT2D eigenvalue weighted by Crippen LogP contribution is 2.34. The Morgan fingerprint density at radius 3 is 2.81 bits per heavy atom. The molecule has 142 valence electrons. The van der Waals surface area contributed by atoms with E-state index < -0.39 is 10.0 Å². The average Bonchev–Trinajstić information content (AvgIpc) is 2.63. The van der Waals surface area contributed by atoms with Crippen LogP contribution in [0.1, 0.15) is 17.2 Å². The third-order valence-corrected chi connectivity index (χ3v) is 6.23. The number of nitrogens with one attached hydrogen (secondary N) is 1. The number of ether oxygens (including phenoxy) is 1. The van der Waals surface area contributed by atoms with Gasteiger partial charge >= 0.3 is 0 Å². The monoisotopic (exact) mass is 398 g/mol. The van der Waals surface area contributed by atoms with Gasteiger partial charge in [-0.1, -0.05) is 18.2 Å². The number of para-hydroxylation sites is 1. The Morgan fingerprint density at radius 2 is 2.08 bits per heavy atom. The van der Waals surface area contributed by atoms with E-state index in [9.17, 15) is 8.42 Å². The van der Waals surface area contributed by atoms with Gasteiger partial charge in [-0.05, 0) is 24.6 Å². The number of hydrogen-bond donors (Lipinski definition) is 2. The highest BCUT2D eigenvalue weighted by molar-refractivity contribution is 7.89. The highest BCUT2D eigenvalue weighted by Gasteiger charge is 2.37. The number of aryl methyl sites for hydroxylation is 1. The second kappa shape index (κ2) is 8.22. The van der Waals surface area contributed by atoms with Gasteiger partial charge in [-0.25, -0.2) is 13.4 Å². The van der Waals surface area contributed by atoms with Crippen LogP contribution in [0, 0.1) is 6.92 Å². The van der Waals surface area contributed by atoms with E-state index in [1.807, 2.05) is 24.3 Å². The van der Waals surface area contributed by atoms with Gasteiger partial charge < -0.3 is 15.8 Å². The number of benzene rings is 1. The fourth-order valence-electron chi connectivity index (χ4n) is 3.07. The van der Waals surface area contributed by atoms with Gasteiger partial charge in [0.2, 0.25) is 10.0 Å². The minimum Gasteiger partial charge on any atom is -0.496 e. The van der Waals surface area contributed by atoms with Gasteiger partial charge in [0.1, 0.15) is 16.5 Å². The lowest BCUT2D eigenvalue weighted by atomic mass is 10.0. The molecule has 1 unspecified atom stereocenters. The van der Waals surface area contributed by atoms with Crippen molar-refractivity contribution in [2.45, 2.75) is 17.9 Å². The summed E-state index contributed by atoms with van der Waals surface area (Å²) in [5, 5.41) is 3.26. The minimum atomic E-state index is -3.79. The molecule has 2 heterocycles. The Labute approximate surface area is 160 Å². The number of nitrogens with two attached hydrogens (primary N) is 1. The first kappa shape index (κ1) is 20.4. The number of halogens is 1. The predicted octanol–water partition coefficient (Wildman–Crippen LogP) is 1.74. The highest BCUT2D eigenvalue weighted by atomic mass is 35.5. The van der Waals surface area contributed by atoms with E-state index in [0.717, 1.165) is 11.1 Å². The molecule has 3 N–H and O–H groups in total. The van der Waals surface area contributed by atoms with Crippen molar-refractivity contribution in [3.63, 3.8) is 0 Å².